The van der Waals surface area contributed by atoms with Gasteiger partial charge in [-0.15, -0.1) is 0 Å². The van der Waals surface area contributed by atoms with E-state index in [4.69, 9.17) is 0 Å². The molecule has 11 heavy (non-hydrogen) atoms. The molecule has 4 heteroatoms. The summed E-state index contributed by atoms with van der Waals surface area (Å²) in [5.41, 5.74) is 0.523. The molecule has 0 radical (unpaired) electrons. The summed E-state index contributed by atoms with van der Waals surface area (Å²) in [6, 6.07) is 1.85. The molecule has 56 valence electrons. The number of pyridine rings is 1. The van der Waals surface area contributed by atoms with Crippen LogP contribution in [0.5, 0.6) is 0 Å². The molecule has 0 aromatic carbocycles. The minimum absolute atomic E-state index is 0.0417. The fourth-order valence-corrected chi connectivity index (χ4v) is 1.03. The molecule has 0 fully saturated rings. The Hall–Kier alpha value is -1.58. The van der Waals surface area contributed by atoms with Crippen molar-refractivity contribution in [2.24, 2.45) is 7.05 Å². The molecule has 1 N–H and O–H groups in total. The van der Waals surface area contributed by atoms with E-state index >= 15 is 0 Å². The van der Waals surface area contributed by atoms with E-state index in [2.05, 4.69) is 10.2 Å². The molecule has 0 aliphatic rings. The summed E-state index contributed by atoms with van der Waals surface area (Å²) in [6.45, 7) is 0. The van der Waals surface area contributed by atoms with E-state index in [9.17, 15) is 4.79 Å². The average molecular weight is 149 g/mol. The Morgan fingerprint density at radius 1 is 1.64 bits per heavy atom. The third-order valence-corrected chi connectivity index (χ3v) is 1.68. The van der Waals surface area contributed by atoms with Crippen LogP contribution in [0.3, 0.4) is 0 Å². The summed E-state index contributed by atoms with van der Waals surface area (Å²) in [4.78, 5) is 11.3. The van der Waals surface area contributed by atoms with Crippen molar-refractivity contribution in [1.82, 2.24) is 14.8 Å². The maximum Gasteiger partial charge on any atom is 0.276 e. The number of nitrogens with zero attached hydrogens (tertiary/aromatic N) is 2. The maximum atomic E-state index is 11.3. The standard InChI is InChI=1S/C7H7N3O/c1-10-3-2-5-4-8-9-6(5)7(10)11/h2-4H,1H3,(H,8,9). The molecule has 0 unspecified atom stereocenters. The molecular formula is C7H7N3O. The van der Waals surface area contributed by atoms with Crippen LogP contribution in [0.15, 0.2) is 23.3 Å². The number of nitrogens with one attached hydrogen (secondary N) is 1. The Morgan fingerprint density at radius 3 is 3.27 bits per heavy atom. The van der Waals surface area contributed by atoms with Crippen LogP contribution in [-0.4, -0.2) is 14.8 Å². The number of H-pyrrole nitrogens is 1. The topological polar surface area (TPSA) is 50.7 Å². The van der Waals surface area contributed by atoms with Gasteiger partial charge in [0.2, 0.25) is 0 Å². The molecule has 0 amide bonds. The van der Waals surface area contributed by atoms with Gasteiger partial charge >= 0.3 is 0 Å². The highest BCUT2D eigenvalue weighted by atomic mass is 16.1. The van der Waals surface area contributed by atoms with Crippen LogP contribution >= 0.6 is 0 Å². The number of rotatable bonds is 0. The number of aromatic nitrogens is 3. The average Bonchev–Trinajstić information content (AvgIpc) is 2.45. The first kappa shape index (κ1) is 6.15. The normalized spacial score (nSPS) is 10.6. The van der Waals surface area contributed by atoms with Crippen LogP contribution < -0.4 is 5.56 Å². The van der Waals surface area contributed by atoms with Crippen LogP contribution in [0.4, 0.5) is 0 Å². The van der Waals surface area contributed by atoms with Crippen LogP contribution in [0.2, 0.25) is 0 Å². The number of hydrogen-bond donors (Lipinski definition) is 1. The number of fused-ring (bicyclic) bond motifs is 1. The fraction of sp³-hybridized carbons (Fsp3) is 0.143. The number of hydrogen-bond acceptors (Lipinski definition) is 2. The first-order valence-corrected chi connectivity index (χ1v) is 3.28. The van der Waals surface area contributed by atoms with Crippen molar-refractivity contribution in [2.75, 3.05) is 0 Å². The van der Waals surface area contributed by atoms with Crippen LogP contribution in [0, 0.1) is 0 Å². The molecule has 0 spiro atoms. The molecule has 0 aliphatic heterocycles. The van der Waals surface area contributed by atoms with E-state index in [0.29, 0.717) is 5.52 Å². The highest BCUT2D eigenvalue weighted by molar-refractivity contribution is 5.76. The first-order chi connectivity index (χ1) is 5.29. The molecule has 2 aromatic rings. The van der Waals surface area contributed by atoms with E-state index in [-0.39, 0.29) is 5.56 Å². The molecule has 2 aromatic heterocycles. The highest BCUT2D eigenvalue weighted by Gasteiger charge is 1.99. The summed E-state index contributed by atoms with van der Waals surface area (Å²) >= 11 is 0. The summed E-state index contributed by atoms with van der Waals surface area (Å²) in [5, 5.41) is 7.26. The zero-order valence-electron chi connectivity index (χ0n) is 6.03. The van der Waals surface area contributed by atoms with Gasteiger partial charge in [0.05, 0.1) is 6.20 Å². The predicted molar refractivity (Wildman–Crippen MR) is 41.3 cm³/mol. The highest BCUT2D eigenvalue weighted by Crippen LogP contribution is 2.02. The molecule has 2 heterocycles. The largest absolute Gasteiger partial charge is 0.317 e. The van der Waals surface area contributed by atoms with E-state index in [1.165, 1.54) is 4.57 Å². The first-order valence-electron chi connectivity index (χ1n) is 3.28. The quantitative estimate of drug-likeness (QED) is 0.584. The maximum absolute atomic E-state index is 11.3. The second kappa shape index (κ2) is 1.95. The molecule has 2 rings (SSSR count). The monoisotopic (exact) mass is 149 g/mol. The summed E-state index contributed by atoms with van der Waals surface area (Å²) < 4.78 is 1.51. The molecular weight excluding hydrogens is 142 g/mol. The van der Waals surface area contributed by atoms with Gasteiger partial charge in [0, 0.05) is 18.6 Å². The zero-order valence-corrected chi connectivity index (χ0v) is 6.03. The summed E-state index contributed by atoms with van der Waals surface area (Å²) in [7, 11) is 1.71. The second-order valence-electron chi connectivity index (χ2n) is 2.43. The van der Waals surface area contributed by atoms with Crippen LogP contribution in [0.1, 0.15) is 0 Å². The second-order valence-corrected chi connectivity index (χ2v) is 2.43. The Bertz CT molecular complexity index is 440. The van der Waals surface area contributed by atoms with Gasteiger partial charge in [-0.3, -0.25) is 9.89 Å². The third kappa shape index (κ3) is 0.756. The molecule has 0 atom stereocenters. The van der Waals surface area contributed by atoms with Crippen molar-refractivity contribution in [2.45, 2.75) is 0 Å². The fourth-order valence-electron chi connectivity index (χ4n) is 1.03. The van der Waals surface area contributed by atoms with Gasteiger partial charge in [-0.05, 0) is 6.07 Å². The van der Waals surface area contributed by atoms with Crippen LogP contribution in [-0.2, 0) is 7.05 Å². The van der Waals surface area contributed by atoms with Crippen molar-refractivity contribution in [3.63, 3.8) is 0 Å². The SMILES string of the molecule is Cn1ccc2cn[nH]c2c1=O. The Labute approximate surface area is 62.5 Å². The zero-order chi connectivity index (χ0) is 7.84. The molecule has 0 saturated carbocycles. The molecule has 0 saturated heterocycles. The van der Waals surface area contributed by atoms with Gasteiger partial charge in [0.25, 0.3) is 5.56 Å². The van der Waals surface area contributed by atoms with E-state index in [1.807, 2.05) is 6.07 Å². The minimum Gasteiger partial charge on any atom is -0.317 e. The summed E-state index contributed by atoms with van der Waals surface area (Å²) in [5.74, 6) is 0. The van der Waals surface area contributed by atoms with Crippen molar-refractivity contribution in [3.05, 3.63) is 28.8 Å². The van der Waals surface area contributed by atoms with Gasteiger partial charge in [-0.25, -0.2) is 0 Å². The predicted octanol–water partition coefficient (Wildman–Crippen LogP) is 0.262. The van der Waals surface area contributed by atoms with E-state index < -0.39 is 0 Å². The van der Waals surface area contributed by atoms with Crippen molar-refractivity contribution >= 4 is 10.9 Å². The third-order valence-electron chi connectivity index (χ3n) is 1.68. The van der Waals surface area contributed by atoms with Gasteiger partial charge in [-0.1, -0.05) is 0 Å². The summed E-state index contributed by atoms with van der Waals surface area (Å²) in [6.07, 6.45) is 3.36. The number of aryl methyl sites for hydroxylation is 1. The van der Waals surface area contributed by atoms with E-state index in [0.717, 1.165) is 5.39 Å². The van der Waals surface area contributed by atoms with Gasteiger partial charge < -0.3 is 4.57 Å². The smallest absolute Gasteiger partial charge is 0.276 e. The lowest BCUT2D eigenvalue weighted by Crippen LogP contribution is -2.15. The van der Waals surface area contributed by atoms with Crippen LogP contribution in [0.25, 0.3) is 10.9 Å². The van der Waals surface area contributed by atoms with Gasteiger partial charge in [0.1, 0.15) is 5.52 Å². The lowest BCUT2D eigenvalue weighted by molar-refractivity contribution is 0.868. The molecule has 0 bridgehead atoms. The van der Waals surface area contributed by atoms with Crippen molar-refractivity contribution in [1.29, 1.82) is 0 Å². The number of aromatic amines is 1. The van der Waals surface area contributed by atoms with Crippen molar-refractivity contribution < 1.29 is 0 Å². The van der Waals surface area contributed by atoms with Gasteiger partial charge in [0.15, 0.2) is 0 Å². The van der Waals surface area contributed by atoms with E-state index in [1.54, 1.807) is 19.4 Å². The Kier molecular flexibility index (Phi) is 1.09. The molecule has 0 aliphatic carbocycles. The lowest BCUT2D eigenvalue weighted by atomic mass is 10.3. The Balaban J connectivity index is 3.05. The lowest BCUT2D eigenvalue weighted by Gasteiger charge is -1.93. The Morgan fingerprint density at radius 2 is 2.45 bits per heavy atom. The van der Waals surface area contributed by atoms with Crippen molar-refractivity contribution in [3.8, 4) is 0 Å². The minimum atomic E-state index is -0.0417. The van der Waals surface area contributed by atoms with Gasteiger partial charge in [-0.2, -0.15) is 5.10 Å². The molecule has 4 nitrogen and oxygen atoms in total.